The molecular formula is C15H12O2. The molecular weight excluding hydrogens is 212 g/mol. The highest BCUT2D eigenvalue weighted by atomic mass is 16.3. The van der Waals surface area contributed by atoms with E-state index in [4.69, 9.17) is 4.42 Å². The van der Waals surface area contributed by atoms with E-state index in [-0.39, 0.29) is 5.43 Å². The lowest BCUT2D eigenvalue weighted by Crippen LogP contribution is -2.03. The van der Waals surface area contributed by atoms with Gasteiger partial charge in [-0.2, -0.15) is 0 Å². The van der Waals surface area contributed by atoms with Crippen LogP contribution in [-0.4, -0.2) is 0 Å². The monoisotopic (exact) mass is 224 g/mol. The van der Waals surface area contributed by atoms with Crippen LogP contribution in [0.1, 0.15) is 11.1 Å². The predicted octanol–water partition coefficient (Wildman–Crippen LogP) is 3.56. The summed E-state index contributed by atoms with van der Waals surface area (Å²) in [6, 6.07) is 11.3. The Morgan fingerprint density at radius 3 is 2.65 bits per heavy atom. The maximum atomic E-state index is 12.4. The van der Waals surface area contributed by atoms with Gasteiger partial charge in [0.05, 0.1) is 10.8 Å². The Balaban J connectivity index is 2.62. The Bertz CT molecular complexity index is 781. The summed E-state index contributed by atoms with van der Waals surface area (Å²) in [6.07, 6.45) is 0. The van der Waals surface area contributed by atoms with Crippen molar-refractivity contribution in [1.82, 2.24) is 0 Å². The zero-order chi connectivity index (χ0) is 12.0. The van der Waals surface area contributed by atoms with E-state index in [1.54, 1.807) is 0 Å². The molecule has 0 aliphatic rings. The minimum Gasteiger partial charge on any atom is -0.456 e. The standard InChI is InChI=1S/C15H12O2/c1-9-6-7-11-13(8-9)17-12-5-3-4-10(2)14(12)15(11)16/h3-8H,1-2H3. The number of rotatable bonds is 0. The number of hydrogen-bond acceptors (Lipinski definition) is 2. The molecule has 0 bridgehead atoms. The molecule has 17 heavy (non-hydrogen) atoms. The largest absolute Gasteiger partial charge is 0.456 e. The normalized spacial score (nSPS) is 11.2. The molecule has 1 aromatic heterocycles. The molecule has 0 amide bonds. The molecule has 0 aliphatic carbocycles. The fraction of sp³-hybridized carbons (Fsp3) is 0.133. The van der Waals surface area contributed by atoms with E-state index in [9.17, 15) is 4.79 Å². The van der Waals surface area contributed by atoms with E-state index in [1.807, 2.05) is 50.2 Å². The minimum atomic E-state index is 0.0550. The molecule has 0 fully saturated rings. The molecule has 2 nitrogen and oxygen atoms in total. The van der Waals surface area contributed by atoms with Crippen molar-refractivity contribution < 1.29 is 4.42 Å². The Morgan fingerprint density at radius 1 is 1.00 bits per heavy atom. The summed E-state index contributed by atoms with van der Waals surface area (Å²) in [5.41, 5.74) is 3.42. The first-order valence-corrected chi connectivity index (χ1v) is 5.59. The smallest absolute Gasteiger partial charge is 0.200 e. The van der Waals surface area contributed by atoms with Crippen LogP contribution in [0.4, 0.5) is 0 Å². The van der Waals surface area contributed by atoms with Gasteiger partial charge in [-0.3, -0.25) is 4.79 Å². The van der Waals surface area contributed by atoms with Crippen LogP contribution in [0.5, 0.6) is 0 Å². The van der Waals surface area contributed by atoms with Crippen molar-refractivity contribution in [2.75, 3.05) is 0 Å². The molecule has 3 aromatic rings. The molecule has 1 heterocycles. The van der Waals surface area contributed by atoms with Crippen LogP contribution in [0.2, 0.25) is 0 Å². The molecule has 2 heteroatoms. The molecule has 2 aromatic carbocycles. The molecule has 0 N–H and O–H groups in total. The van der Waals surface area contributed by atoms with Crippen LogP contribution in [-0.2, 0) is 0 Å². The molecule has 84 valence electrons. The van der Waals surface area contributed by atoms with Crippen LogP contribution < -0.4 is 5.43 Å². The summed E-state index contributed by atoms with van der Waals surface area (Å²) in [4.78, 5) is 12.4. The Labute approximate surface area is 98.5 Å². The van der Waals surface area contributed by atoms with Crippen molar-refractivity contribution in [2.24, 2.45) is 0 Å². The maximum absolute atomic E-state index is 12.4. The summed E-state index contributed by atoms with van der Waals surface area (Å²) >= 11 is 0. The van der Waals surface area contributed by atoms with E-state index >= 15 is 0 Å². The van der Waals surface area contributed by atoms with Gasteiger partial charge < -0.3 is 4.42 Å². The molecule has 0 spiro atoms. The molecule has 0 unspecified atom stereocenters. The second kappa shape index (κ2) is 3.45. The first kappa shape index (κ1) is 10.1. The van der Waals surface area contributed by atoms with Gasteiger partial charge in [0.15, 0.2) is 0 Å². The minimum absolute atomic E-state index is 0.0550. The highest BCUT2D eigenvalue weighted by Gasteiger charge is 2.08. The van der Waals surface area contributed by atoms with Crippen molar-refractivity contribution in [3.05, 3.63) is 57.7 Å². The third-order valence-corrected chi connectivity index (χ3v) is 3.06. The summed E-state index contributed by atoms with van der Waals surface area (Å²) in [5, 5.41) is 1.33. The summed E-state index contributed by atoms with van der Waals surface area (Å²) in [7, 11) is 0. The van der Waals surface area contributed by atoms with Crippen molar-refractivity contribution in [3.8, 4) is 0 Å². The van der Waals surface area contributed by atoms with Crippen molar-refractivity contribution in [1.29, 1.82) is 0 Å². The van der Waals surface area contributed by atoms with E-state index in [1.165, 1.54) is 0 Å². The summed E-state index contributed by atoms with van der Waals surface area (Å²) in [6.45, 7) is 3.92. The van der Waals surface area contributed by atoms with Crippen LogP contribution >= 0.6 is 0 Å². The van der Waals surface area contributed by atoms with Gasteiger partial charge in [-0.15, -0.1) is 0 Å². The first-order valence-electron chi connectivity index (χ1n) is 5.59. The number of benzene rings is 2. The highest BCUT2D eigenvalue weighted by Crippen LogP contribution is 2.21. The van der Waals surface area contributed by atoms with Gasteiger partial charge in [0.1, 0.15) is 11.2 Å². The van der Waals surface area contributed by atoms with Crippen LogP contribution in [0, 0.1) is 13.8 Å². The fourth-order valence-corrected chi connectivity index (χ4v) is 2.17. The fourth-order valence-electron chi connectivity index (χ4n) is 2.17. The molecule has 3 rings (SSSR count). The van der Waals surface area contributed by atoms with Gasteiger partial charge in [-0.1, -0.05) is 18.2 Å². The highest BCUT2D eigenvalue weighted by molar-refractivity contribution is 5.91. The zero-order valence-corrected chi connectivity index (χ0v) is 9.78. The van der Waals surface area contributed by atoms with Gasteiger partial charge in [0.25, 0.3) is 0 Å². The van der Waals surface area contributed by atoms with Crippen molar-refractivity contribution in [3.63, 3.8) is 0 Å². The lowest BCUT2D eigenvalue weighted by molar-refractivity contribution is 0.659. The molecule has 0 atom stereocenters. The van der Waals surface area contributed by atoms with E-state index in [2.05, 4.69) is 0 Å². The third kappa shape index (κ3) is 1.45. The average molecular weight is 224 g/mol. The predicted molar refractivity (Wildman–Crippen MR) is 69.5 cm³/mol. The lowest BCUT2D eigenvalue weighted by Gasteiger charge is -2.04. The van der Waals surface area contributed by atoms with Crippen LogP contribution in [0.25, 0.3) is 21.9 Å². The van der Waals surface area contributed by atoms with Gasteiger partial charge in [-0.25, -0.2) is 0 Å². The Morgan fingerprint density at radius 2 is 1.82 bits per heavy atom. The van der Waals surface area contributed by atoms with Gasteiger partial charge >= 0.3 is 0 Å². The second-order valence-corrected chi connectivity index (χ2v) is 4.38. The van der Waals surface area contributed by atoms with E-state index in [0.29, 0.717) is 21.9 Å². The van der Waals surface area contributed by atoms with Gasteiger partial charge in [0.2, 0.25) is 5.43 Å². The van der Waals surface area contributed by atoms with Gasteiger partial charge in [0, 0.05) is 0 Å². The van der Waals surface area contributed by atoms with E-state index < -0.39 is 0 Å². The van der Waals surface area contributed by atoms with Crippen LogP contribution in [0.15, 0.2) is 45.6 Å². The quantitative estimate of drug-likeness (QED) is 0.546. The number of fused-ring (bicyclic) bond motifs is 2. The molecule has 0 saturated heterocycles. The Hall–Kier alpha value is -2.09. The maximum Gasteiger partial charge on any atom is 0.200 e. The average Bonchev–Trinajstić information content (AvgIpc) is 2.28. The second-order valence-electron chi connectivity index (χ2n) is 4.38. The zero-order valence-electron chi connectivity index (χ0n) is 9.78. The molecule has 0 radical (unpaired) electrons. The summed E-state index contributed by atoms with van der Waals surface area (Å²) in [5.74, 6) is 0. The number of hydrogen-bond donors (Lipinski definition) is 0. The first-order chi connectivity index (χ1) is 8.16. The van der Waals surface area contributed by atoms with Crippen molar-refractivity contribution in [2.45, 2.75) is 13.8 Å². The SMILES string of the molecule is Cc1ccc2c(=O)c3c(C)cccc3oc2c1. The van der Waals surface area contributed by atoms with E-state index in [0.717, 1.165) is 11.1 Å². The topological polar surface area (TPSA) is 30.2 Å². The van der Waals surface area contributed by atoms with Crippen LogP contribution in [0.3, 0.4) is 0 Å². The Kier molecular flexibility index (Phi) is 2.05. The molecule has 0 aliphatic heterocycles. The lowest BCUT2D eigenvalue weighted by atomic mass is 10.1. The number of aryl methyl sites for hydroxylation is 2. The van der Waals surface area contributed by atoms with Crippen molar-refractivity contribution >= 4 is 21.9 Å². The molecule has 0 saturated carbocycles. The third-order valence-electron chi connectivity index (χ3n) is 3.06. The summed E-state index contributed by atoms with van der Waals surface area (Å²) < 4.78 is 5.79. The van der Waals surface area contributed by atoms with Gasteiger partial charge in [-0.05, 0) is 43.2 Å².